The molecule has 4 N–H and O–H groups in total. The van der Waals surface area contributed by atoms with E-state index in [-0.39, 0.29) is 18.2 Å². The number of furan rings is 1. The molecular weight excluding hydrogens is 506 g/mol. The second kappa shape index (κ2) is 7.82. The zero-order chi connectivity index (χ0) is 27.1. The van der Waals surface area contributed by atoms with Gasteiger partial charge in [0.2, 0.25) is 0 Å². The normalized spacial score (nSPS) is 25.5. The number of hydrogen-bond donors (Lipinski definition) is 4. The summed E-state index contributed by atoms with van der Waals surface area (Å²) >= 11 is 0. The van der Waals surface area contributed by atoms with Crippen LogP contribution in [0.15, 0.2) is 40.8 Å². The van der Waals surface area contributed by atoms with E-state index in [1.807, 2.05) is 6.07 Å². The van der Waals surface area contributed by atoms with Crippen molar-refractivity contribution in [2.24, 2.45) is 0 Å². The van der Waals surface area contributed by atoms with Gasteiger partial charge in [-0.1, -0.05) is 6.07 Å². The van der Waals surface area contributed by atoms with Crippen LogP contribution in [-0.2, 0) is 33.5 Å². The van der Waals surface area contributed by atoms with E-state index in [0.29, 0.717) is 53.7 Å². The highest BCUT2D eigenvalue weighted by Gasteiger charge is 2.54. The number of hydrogen-bond acceptors (Lipinski definition) is 7. The van der Waals surface area contributed by atoms with Gasteiger partial charge in [-0.05, 0) is 66.3 Å². The number of aryl methyl sites for hydroxylation is 1. The molecule has 1 aliphatic carbocycles. The second-order valence-corrected chi connectivity index (χ2v) is 10.2. The second-order valence-electron chi connectivity index (χ2n) is 10.2. The van der Waals surface area contributed by atoms with Gasteiger partial charge in [0.25, 0.3) is 17.7 Å². The number of fused-ring (bicyclic) bond motifs is 5. The van der Waals surface area contributed by atoms with E-state index in [4.69, 9.17) is 9.15 Å². The van der Waals surface area contributed by atoms with Crippen molar-refractivity contribution in [2.75, 3.05) is 20.2 Å². The summed E-state index contributed by atoms with van der Waals surface area (Å²) in [4.78, 5) is 65.2. The van der Waals surface area contributed by atoms with Gasteiger partial charge < -0.3 is 24.7 Å². The van der Waals surface area contributed by atoms with Gasteiger partial charge >= 0.3 is 12.1 Å². The van der Waals surface area contributed by atoms with Crippen LogP contribution in [0.4, 0.5) is 9.59 Å². The number of methoxy groups -OCH3 is 1. The number of carbonyl (C=O) groups excluding carboxylic acids is 5. The quantitative estimate of drug-likeness (QED) is 0.369. The van der Waals surface area contributed by atoms with E-state index in [9.17, 15) is 24.0 Å². The lowest BCUT2D eigenvalue weighted by molar-refractivity contribution is -0.125. The summed E-state index contributed by atoms with van der Waals surface area (Å²) in [5.74, 6) is -0.483. The predicted molar refractivity (Wildman–Crippen MR) is 134 cm³/mol. The van der Waals surface area contributed by atoms with Crippen LogP contribution in [0.1, 0.15) is 39.2 Å². The molecule has 2 saturated heterocycles. The Morgan fingerprint density at radius 1 is 0.949 bits per heavy atom. The lowest BCUT2D eigenvalue weighted by atomic mass is 9.90. The fourth-order valence-electron chi connectivity index (χ4n) is 6.28. The molecule has 1 aromatic heterocycles. The maximum atomic E-state index is 13.4. The lowest BCUT2D eigenvalue weighted by Crippen LogP contribution is -2.55. The SMILES string of the molecule is COc1ccc2c(c1)CCN(C[C@@]1(c3cc4c5c(ccc4o3)C3(CC5)NC(=O)NC3=O)NC(=O)NC1=O)C2=O. The van der Waals surface area contributed by atoms with Crippen molar-refractivity contribution in [1.29, 1.82) is 0 Å². The molecule has 4 aliphatic rings. The van der Waals surface area contributed by atoms with E-state index in [1.54, 1.807) is 37.4 Å². The summed E-state index contributed by atoms with van der Waals surface area (Å²) in [6, 6.07) is 9.09. The minimum atomic E-state index is -1.65. The van der Waals surface area contributed by atoms with Crippen LogP contribution in [0.25, 0.3) is 11.0 Å². The minimum Gasteiger partial charge on any atom is -0.497 e. The number of urea groups is 2. The molecular formula is C27H23N5O7. The van der Waals surface area contributed by atoms with Gasteiger partial charge in [-0.3, -0.25) is 25.0 Å². The number of nitrogens with one attached hydrogen (secondary N) is 4. The smallest absolute Gasteiger partial charge is 0.322 e. The highest BCUT2D eigenvalue weighted by Crippen LogP contribution is 2.44. The molecule has 1 unspecified atom stereocenters. The van der Waals surface area contributed by atoms with Gasteiger partial charge in [-0.25, -0.2) is 9.59 Å². The minimum absolute atomic E-state index is 0.140. The van der Waals surface area contributed by atoms with Crippen molar-refractivity contribution in [1.82, 2.24) is 26.2 Å². The highest BCUT2D eigenvalue weighted by atomic mass is 16.5. The van der Waals surface area contributed by atoms with Gasteiger partial charge in [0.05, 0.1) is 13.7 Å². The number of amides is 7. The van der Waals surface area contributed by atoms with Crippen molar-refractivity contribution in [2.45, 2.75) is 30.3 Å². The molecule has 0 saturated carbocycles. The maximum absolute atomic E-state index is 13.4. The van der Waals surface area contributed by atoms with Gasteiger partial charge in [0.1, 0.15) is 22.6 Å². The van der Waals surface area contributed by atoms with Crippen LogP contribution in [-0.4, -0.2) is 54.9 Å². The predicted octanol–water partition coefficient (Wildman–Crippen LogP) is 1.16. The molecule has 3 aliphatic heterocycles. The number of ether oxygens (including phenoxy) is 1. The number of rotatable bonds is 4. The molecule has 39 heavy (non-hydrogen) atoms. The number of benzene rings is 2. The molecule has 7 amide bonds. The van der Waals surface area contributed by atoms with Gasteiger partial charge in [0.15, 0.2) is 5.54 Å². The number of nitrogens with zero attached hydrogens (tertiary/aromatic N) is 1. The third-order valence-electron chi connectivity index (χ3n) is 8.24. The topological polar surface area (TPSA) is 159 Å². The standard InChI is InChI=1S/C27H23N5O7/c1-38-14-2-3-15-13(10-14)7-9-32(21(15)33)12-27(23(35)29-25(37)31-27)20-11-17-16-6-8-26(22(34)28-24(36)30-26)18(16)4-5-19(17)39-20/h2-5,10-11H,6-9,12H2,1H3,(H2,28,30,34,36)(H2,29,31,35,37)/t26?,27-/m0/s1. The average Bonchev–Trinajstić information content (AvgIpc) is 3.65. The van der Waals surface area contributed by atoms with Crippen molar-refractivity contribution in [3.05, 3.63) is 64.4 Å². The van der Waals surface area contributed by atoms with Crippen molar-refractivity contribution >= 4 is 40.8 Å². The third kappa shape index (κ3) is 3.14. The van der Waals surface area contributed by atoms with Crippen LogP contribution >= 0.6 is 0 Å². The molecule has 0 bridgehead atoms. The summed E-state index contributed by atoms with van der Waals surface area (Å²) in [6.45, 7) is 0.191. The van der Waals surface area contributed by atoms with E-state index in [0.717, 1.165) is 11.1 Å². The Balaban J connectivity index is 1.29. The van der Waals surface area contributed by atoms with Crippen LogP contribution < -0.4 is 26.0 Å². The molecule has 12 heteroatoms. The average molecular weight is 530 g/mol. The molecule has 7 rings (SSSR count). The van der Waals surface area contributed by atoms with E-state index in [2.05, 4.69) is 21.3 Å². The molecule has 0 radical (unpaired) electrons. The maximum Gasteiger partial charge on any atom is 0.322 e. The zero-order valence-corrected chi connectivity index (χ0v) is 20.8. The van der Waals surface area contributed by atoms with Crippen molar-refractivity contribution in [3.8, 4) is 5.75 Å². The Morgan fingerprint density at radius 3 is 2.46 bits per heavy atom. The lowest BCUT2D eigenvalue weighted by Gasteiger charge is -2.34. The summed E-state index contributed by atoms with van der Waals surface area (Å²) in [5.41, 5.74) is 0.492. The summed E-state index contributed by atoms with van der Waals surface area (Å²) < 4.78 is 11.4. The van der Waals surface area contributed by atoms with Crippen molar-refractivity contribution in [3.63, 3.8) is 0 Å². The number of imide groups is 2. The fourth-order valence-corrected chi connectivity index (χ4v) is 6.28. The number of carbonyl (C=O) groups is 5. The fraction of sp³-hybridized carbons (Fsp3) is 0.296. The molecule has 2 aromatic carbocycles. The highest BCUT2D eigenvalue weighted by molar-refractivity contribution is 6.10. The molecule has 4 heterocycles. The largest absolute Gasteiger partial charge is 0.497 e. The monoisotopic (exact) mass is 529 g/mol. The molecule has 198 valence electrons. The van der Waals surface area contributed by atoms with Gasteiger partial charge in [0, 0.05) is 17.5 Å². The summed E-state index contributed by atoms with van der Waals surface area (Å²) in [6.07, 6.45) is 1.43. The molecule has 1 spiro atoms. The Bertz CT molecular complexity index is 1660. The van der Waals surface area contributed by atoms with Crippen LogP contribution in [0.2, 0.25) is 0 Å². The van der Waals surface area contributed by atoms with Crippen LogP contribution in [0.3, 0.4) is 0 Å². The molecule has 2 atom stereocenters. The van der Waals surface area contributed by atoms with Crippen molar-refractivity contribution < 1.29 is 33.1 Å². The van der Waals surface area contributed by atoms with Crippen LogP contribution in [0, 0.1) is 0 Å². The Labute approximate surface area is 221 Å². The van der Waals surface area contributed by atoms with E-state index < -0.39 is 35.0 Å². The van der Waals surface area contributed by atoms with Crippen LogP contribution in [0.5, 0.6) is 5.75 Å². The molecule has 12 nitrogen and oxygen atoms in total. The van der Waals surface area contributed by atoms with E-state index in [1.165, 1.54) is 4.90 Å². The third-order valence-corrected chi connectivity index (χ3v) is 8.24. The Hall–Kier alpha value is -4.87. The van der Waals surface area contributed by atoms with Gasteiger partial charge in [-0.15, -0.1) is 0 Å². The first-order chi connectivity index (χ1) is 18.7. The molecule has 2 fully saturated rings. The van der Waals surface area contributed by atoms with E-state index >= 15 is 0 Å². The first-order valence-electron chi connectivity index (χ1n) is 12.5. The summed E-state index contributed by atoms with van der Waals surface area (Å²) in [7, 11) is 1.56. The first-order valence-corrected chi connectivity index (χ1v) is 12.5. The Morgan fingerprint density at radius 2 is 1.74 bits per heavy atom. The Kier molecular flexibility index (Phi) is 4.66. The zero-order valence-electron chi connectivity index (χ0n) is 20.8. The first kappa shape index (κ1) is 23.3. The van der Waals surface area contributed by atoms with Gasteiger partial charge in [-0.2, -0.15) is 0 Å². The summed E-state index contributed by atoms with van der Waals surface area (Å²) in [5, 5.41) is 10.7. The molecule has 3 aromatic rings.